The maximum Gasteiger partial charge on any atom is 0.250 e. The molecular formula is C9H9BrN4. The SMILES string of the molecule is CCc1ccnn1-c1ncc(Br)cn1. The summed E-state index contributed by atoms with van der Waals surface area (Å²) < 4.78 is 2.61. The van der Waals surface area contributed by atoms with Crippen molar-refractivity contribution in [2.24, 2.45) is 0 Å². The van der Waals surface area contributed by atoms with Gasteiger partial charge in [-0.25, -0.2) is 14.6 Å². The lowest BCUT2D eigenvalue weighted by Gasteiger charge is -2.02. The van der Waals surface area contributed by atoms with E-state index in [0.717, 1.165) is 16.6 Å². The van der Waals surface area contributed by atoms with Crippen molar-refractivity contribution < 1.29 is 0 Å². The minimum Gasteiger partial charge on any atom is -0.218 e. The van der Waals surface area contributed by atoms with Crippen LogP contribution in [0.15, 0.2) is 29.1 Å². The highest BCUT2D eigenvalue weighted by atomic mass is 79.9. The Balaban J connectivity index is 2.44. The number of hydrogen-bond donors (Lipinski definition) is 0. The van der Waals surface area contributed by atoms with Crippen LogP contribution < -0.4 is 0 Å². The molecule has 0 atom stereocenters. The van der Waals surface area contributed by atoms with E-state index in [1.807, 2.05) is 6.07 Å². The van der Waals surface area contributed by atoms with E-state index in [0.29, 0.717) is 5.95 Å². The maximum absolute atomic E-state index is 4.17. The van der Waals surface area contributed by atoms with E-state index in [2.05, 4.69) is 37.9 Å². The average Bonchev–Trinajstić information content (AvgIpc) is 2.67. The minimum atomic E-state index is 0.607. The first kappa shape index (κ1) is 9.33. The van der Waals surface area contributed by atoms with E-state index >= 15 is 0 Å². The summed E-state index contributed by atoms with van der Waals surface area (Å²) in [7, 11) is 0. The van der Waals surface area contributed by atoms with Gasteiger partial charge in [0.25, 0.3) is 5.95 Å². The quantitative estimate of drug-likeness (QED) is 0.821. The molecule has 0 saturated carbocycles. The van der Waals surface area contributed by atoms with Crippen LogP contribution in [-0.4, -0.2) is 19.7 Å². The first-order valence-electron chi connectivity index (χ1n) is 4.32. The molecule has 0 aromatic carbocycles. The Kier molecular flexibility index (Phi) is 2.58. The van der Waals surface area contributed by atoms with Gasteiger partial charge in [0.05, 0.1) is 4.47 Å². The molecule has 14 heavy (non-hydrogen) atoms. The zero-order valence-corrected chi connectivity index (χ0v) is 9.27. The van der Waals surface area contributed by atoms with Gasteiger partial charge in [0.2, 0.25) is 0 Å². The molecule has 0 fully saturated rings. The number of nitrogens with zero attached hydrogens (tertiary/aromatic N) is 4. The Hall–Kier alpha value is -1.23. The molecule has 2 aromatic heterocycles. The molecule has 2 heterocycles. The van der Waals surface area contributed by atoms with Gasteiger partial charge in [0.15, 0.2) is 0 Å². The fourth-order valence-corrected chi connectivity index (χ4v) is 1.40. The Bertz CT molecular complexity index is 421. The van der Waals surface area contributed by atoms with Gasteiger partial charge in [-0.2, -0.15) is 5.10 Å². The van der Waals surface area contributed by atoms with E-state index < -0.39 is 0 Å². The van der Waals surface area contributed by atoms with Crippen LogP contribution in [0.25, 0.3) is 5.95 Å². The molecule has 0 saturated heterocycles. The summed E-state index contributed by atoms with van der Waals surface area (Å²) in [6.07, 6.45) is 6.09. The number of rotatable bonds is 2. The van der Waals surface area contributed by atoms with Crippen LogP contribution in [0.5, 0.6) is 0 Å². The molecule has 2 rings (SSSR count). The van der Waals surface area contributed by atoms with E-state index in [9.17, 15) is 0 Å². The topological polar surface area (TPSA) is 43.6 Å². The zero-order chi connectivity index (χ0) is 9.97. The molecule has 0 bridgehead atoms. The fourth-order valence-electron chi connectivity index (χ4n) is 1.19. The Labute approximate surface area is 90.1 Å². The molecule has 5 heteroatoms. The second kappa shape index (κ2) is 3.88. The van der Waals surface area contributed by atoms with Crippen LogP contribution in [0, 0.1) is 0 Å². The third-order valence-electron chi connectivity index (χ3n) is 1.88. The van der Waals surface area contributed by atoms with Crippen molar-refractivity contribution in [3.8, 4) is 5.95 Å². The molecule has 0 aliphatic heterocycles. The largest absolute Gasteiger partial charge is 0.250 e. The minimum absolute atomic E-state index is 0.607. The predicted octanol–water partition coefficient (Wildman–Crippen LogP) is 1.99. The molecule has 0 aliphatic rings. The molecule has 0 unspecified atom stereocenters. The van der Waals surface area contributed by atoms with Crippen molar-refractivity contribution in [1.29, 1.82) is 0 Å². The van der Waals surface area contributed by atoms with Crippen molar-refractivity contribution in [3.05, 3.63) is 34.8 Å². The maximum atomic E-state index is 4.17. The Morgan fingerprint density at radius 2 is 2.07 bits per heavy atom. The van der Waals surface area contributed by atoms with Crippen molar-refractivity contribution in [2.45, 2.75) is 13.3 Å². The Morgan fingerprint density at radius 3 is 2.71 bits per heavy atom. The molecule has 0 aliphatic carbocycles. The lowest BCUT2D eigenvalue weighted by Crippen LogP contribution is -2.05. The van der Waals surface area contributed by atoms with Crippen molar-refractivity contribution in [1.82, 2.24) is 19.7 Å². The molecule has 0 amide bonds. The smallest absolute Gasteiger partial charge is 0.218 e. The van der Waals surface area contributed by atoms with Gasteiger partial charge in [-0.15, -0.1) is 0 Å². The van der Waals surface area contributed by atoms with E-state index in [1.165, 1.54) is 0 Å². The van der Waals surface area contributed by atoms with E-state index in [-0.39, 0.29) is 0 Å². The summed E-state index contributed by atoms with van der Waals surface area (Å²) in [5.41, 5.74) is 1.10. The van der Waals surface area contributed by atoms with Crippen LogP contribution in [-0.2, 0) is 6.42 Å². The highest BCUT2D eigenvalue weighted by Crippen LogP contribution is 2.09. The fraction of sp³-hybridized carbons (Fsp3) is 0.222. The molecule has 2 aromatic rings. The van der Waals surface area contributed by atoms with Crippen LogP contribution in [0.4, 0.5) is 0 Å². The van der Waals surface area contributed by atoms with Crippen LogP contribution in [0.3, 0.4) is 0 Å². The summed E-state index contributed by atoms with van der Waals surface area (Å²) >= 11 is 3.29. The zero-order valence-electron chi connectivity index (χ0n) is 7.68. The van der Waals surface area contributed by atoms with Gasteiger partial charge >= 0.3 is 0 Å². The molecule has 0 spiro atoms. The van der Waals surface area contributed by atoms with Crippen molar-refractivity contribution in [3.63, 3.8) is 0 Å². The van der Waals surface area contributed by atoms with Gasteiger partial charge < -0.3 is 0 Å². The molecule has 72 valence electrons. The van der Waals surface area contributed by atoms with Crippen molar-refractivity contribution in [2.75, 3.05) is 0 Å². The van der Waals surface area contributed by atoms with E-state index in [4.69, 9.17) is 0 Å². The summed E-state index contributed by atoms with van der Waals surface area (Å²) in [6, 6.07) is 1.96. The van der Waals surface area contributed by atoms with Gasteiger partial charge in [-0.05, 0) is 28.4 Å². The number of halogens is 1. The van der Waals surface area contributed by atoms with Crippen LogP contribution in [0.1, 0.15) is 12.6 Å². The Morgan fingerprint density at radius 1 is 1.36 bits per heavy atom. The van der Waals surface area contributed by atoms with Gasteiger partial charge in [-0.1, -0.05) is 6.92 Å². The summed E-state index contributed by atoms with van der Waals surface area (Å²) in [5, 5.41) is 4.16. The van der Waals surface area contributed by atoms with Crippen LogP contribution in [0.2, 0.25) is 0 Å². The number of hydrogen-bond acceptors (Lipinski definition) is 3. The van der Waals surface area contributed by atoms with Gasteiger partial charge in [-0.3, -0.25) is 0 Å². The monoisotopic (exact) mass is 252 g/mol. The third kappa shape index (κ3) is 1.68. The molecule has 0 radical (unpaired) electrons. The lowest BCUT2D eigenvalue weighted by atomic mass is 10.3. The summed E-state index contributed by atoms with van der Waals surface area (Å²) in [6.45, 7) is 2.08. The number of aromatic nitrogens is 4. The lowest BCUT2D eigenvalue weighted by molar-refractivity contribution is 0.759. The van der Waals surface area contributed by atoms with Gasteiger partial charge in [0.1, 0.15) is 0 Å². The summed E-state index contributed by atoms with van der Waals surface area (Å²) in [4.78, 5) is 8.34. The normalized spacial score (nSPS) is 10.4. The first-order chi connectivity index (χ1) is 6.81. The van der Waals surface area contributed by atoms with Gasteiger partial charge in [0, 0.05) is 24.3 Å². The summed E-state index contributed by atoms with van der Waals surface area (Å²) in [5.74, 6) is 0.607. The van der Waals surface area contributed by atoms with Crippen LogP contribution >= 0.6 is 15.9 Å². The molecule has 4 nitrogen and oxygen atoms in total. The average molecular weight is 253 g/mol. The van der Waals surface area contributed by atoms with E-state index in [1.54, 1.807) is 23.3 Å². The highest BCUT2D eigenvalue weighted by molar-refractivity contribution is 9.10. The highest BCUT2D eigenvalue weighted by Gasteiger charge is 2.04. The van der Waals surface area contributed by atoms with Crippen molar-refractivity contribution >= 4 is 15.9 Å². The first-order valence-corrected chi connectivity index (χ1v) is 5.11. The third-order valence-corrected chi connectivity index (χ3v) is 2.29. The standard InChI is InChI=1S/C9H9BrN4/c1-2-8-3-4-13-14(8)9-11-5-7(10)6-12-9/h3-6H,2H2,1H3. The second-order valence-electron chi connectivity index (χ2n) is 2.79. The second-order valence-corrected chi connectivity index (χ2v) is 3.70. The molecule has 0 N–H and O–H groups in total. The number of aryl methyl sites for hydroxylation is 1. The predicted molar refractivity (Wildman–Crippen MR) is 56.2 cm³/mol. The molecular weight excluding hydrogens is 244 g/mol.